The molecule has 1 heterocycles. The summed E-state index contributed by atoms with van der Waals surface area (Å²) in [5.41, 5.74) is 0. The SMILES string of the molecule is O=C(COI)NC1CCNCC1. The van der Waals surface area contributed by atoms with Gasteiger partial charge in [0.15, 0.2) is 0 Å². The van der Waals surface area contributed by atoms with E-state index in [0.717, 1.165) is 25.9 Å². The first-order chi connectivity index (χ1) is 5.83. The first kappa shape index (κ1) is 10.2. The van der Waals surface area contributed by atoms with E-state index in [0.29, 0.717) is 6.04 Å². The largest absolute Gasteiger partial charge is 0.351 e. The van der Waals surface area contributed by atoms with Crippen LogP contribution in [0.1, 0.15) is 12.8 Å². The minimum Gasteiger partial charge on any atom is -0.351 e. The molecule has 0 spiro atoms. The molecule has 1 rings (SSSR count). The Morgan fingerprint density at radius 3 is 2.83 bits per heavy atom. The van der Waals surface area contributed by atoms with Crippen LogP contribution in [0.15, 0.2) is 0 Å². The molecule has 0 aromatic rings. The summed E-state index contributed by atoms with van der Waals surface area (Å²) >= 11 is 1.72. The quantitative estimate of drug-likeness (QED) is 0.729. The molecule has 0 unspecified atom stereocenters. The minimum atomic E-state index is -0.0173. The summed E-state index contributed by atoms with van der Waals surface area (Å²) in [6.45, 7) is 2.15. The van der Waals surface area contributed by atoms with Gasteiger partial charge < -0.3 is 13.7 Å². The summed E-state index contributed by atoms with van der Waals surface area (Å²) in [6, 6.07) is 0.338. The molecular formula is C7H13IN2O2. The summed E-state index contributed by atoms with van der Waals surface area (Å²) in [7, 11) is 0. The van der Waals surface area contributed by atoms with Crippen LogP contribution in [0.3, 0.4) is 0 Å². The fourth-order valence-corrected chi connectivity index (χ4v) is 1.57. The Morgan fingerprint density at radius 1 is 1.58 bits per heavy atom. The van der Waals surface area contributed by atoms with Crippen LogP contribution in [0.2, 0.25) is 0 Å². The molecule has 0 radical (unpaired) electrons. The van der Waals surface area contributed by atoms with E-state index in [1.165, 1.54) is 0 Å². The van der Waals surface area contributed by atoms with Crippen molar-refractivity contribution < 1.29 is 7.86 Å². The first-order valence-electron chi connectivity index (χ1n) is 4.06. The number of carbonyl (C=O) groups excluding carboxylic acids is 1. The summed E-state index contributed by atoms with van der Waals surface area (Å²) in [5.74, 6) is -0.0173. The molecule has 2 N–H and O–H groups in total. The monoisotopic (exact) mass is 284 g/mol. The van der Waals surface area contributed by atoms with Crippen LogP contribution < -0.4 is 10.6 Å². The Morgan fingerprint density at radius 2 is 2.25 bits per heavy atom. The number of rotatable bonds is 3. The van der Waals surface area contributed by atoms with E-state index < -0.39 is 0 Å². The van der Waals surface area contributed by atoms with E-state index in [9.17, 15) is 4.79 Å². The number of hydrogen-bond donors (Lipinski definition) is 2. The van der Waals surface area contributed by atoms with Gasteiger partial charge in [0, 0.05) is 6.04 Å². The van der Waals surface area contributed by atoms with Gasteiger partial charge in [0.05, 0.1) is 0 Å². The predicted molar refractivity (Wildman–Crippen MR) is 54.0 cm³/mol. The lowest BCUT2D eigenvalue weighted by atomic mass is 10.1. The molecule has 0 aromatic carbocycles. The van der Waals surface area contributed by atoms with Crippen LogP contribution in [0.5, 0.6) is 0 Å². The van der Waals surface area contributed by atoms with Gasteiger partial charge in [-0.05, 0) is 25.9 Å². The fourth-order valence-electron chi connectivity index (χ4n) is 1.29. The molecule has 0 saturated carbocycles. The van der Waals surface area contributed by atoms with Crippen LogP contribution in [0, 0.1) is 0 Å². The van der Waals surface area contributed by atoms with Gasteiger partial charge in [0.2, 0.25) is 5.91 Å². The first-order valence-corrected chi connectivity index (χ1v) is 4.94. The van der Waals surface area contributed by atoms with Crippen molar-refractivity contribution in [3.8, 4) is 0 Å². The van der Waals surface area contributed by atoms with Crippen molar-refractivity contribution in [2.45, 2.75) is 18.9 Å². The van der Waals surface area contributed by atoms with Crippen molar-refractivity contribution in [3.63, 3.8) is 0 Å². The highest BCUT2D eigenvalue weighted by Gasteiger charge is 2.14. The second-order valence-corrected chi connectivity index (χ2v) is 3.47. The second-order valence-electron chi connectivity index (χ2n) is 2.85. The second kappa shape index (κ2) is 5.71. The number of amides is 1. The smallest absolute Gasteiger partial charge is 0.247 e. The molecule has 0 atom stereocenters. The highest BCUT2D eigenvalue weighted by molar-refractivity contribution is 14.1. The van der Waals surface area contributed by atoms with Crippen LogP contribution in [0.25, 0.3) is 0 Å². The topological polar surface area (TPSA) is 50.4 Å². The number of hydrogen-bond acceptors (Lipinski definition) is 3. The molecule has 1 amide bonds. The van der Waals surface area contributed by atoms with E-state index in [4.69, 9.17) is 0 Å². The van der Waals surface area contributed by atoms with E-state index >= 15 is 0 Å². The van der Waals surface area contributed by atoms with E-state index in [1.54, 1.807) is 23.0 Å². The Bertz CT molecular complexity index is 148. The molecule has 0 bridgehead atoms. The predicted octanol–water partition coefficient (Wildman–Crippen LogP) is 0.221. The number of nitrogens with one attached hydrogen (secondary N) is 2. The van der Waals surface area contributed by atoms with Crippen LogP contribution >= 0.6 is 23.0 Å². The number of piperidine rings is 1. The van der Waals surface area contributed by atoms with Crippen molar-refractivity contribution >= 4 is 28.9 Å². The molecular weight excluding hydrogens is 271 g/mol. The summed E-state index contributed by atoms with van der Waals surface area (Å²) in [4.78, 5) is 11.0. The van der Waals surface area contributed by atoms with Gasteiger partial charge in [-0.1, -0.05) is 0 Å². The number of carbonyl (C=O) groups is 1. The average Bonchev–Trinajstić information content (AvgIpc) is 2.06. The van der Waals surface area contributed by atoms with Gasteiger partial charge in [0.1, 0.15) is 29.6 Å². The Labute approximate surface area is 86.1 Å². The highest BCUT2D eigenvalue weighted by atomic mass is 127. The van der Waals surface area contributed by atoms with Gasteiger partial charge in [-0.3, -0.25) is 4.79 Å². The third kappa shape index (κ3) is 3.68. The molecule has 1 aliphatic rings. The lowest BCUT2D eigenvalue weighted by Gasteiger charge is -2.23. The Hall–Kier alpha value is 0.120. The van der Waals surface area contributed by atoms with E-state index in [1.807, 2.05) is 0 Å². The minimum absolute atomic E-state index is 0.0173. The molecule has 12 heavy (non-hydrogen) atoms. The summed E-state index contributed by atoms with van der Waals surface area (Å²) < 4.78 is 4.69. The van der Waals surface area contributed by atoms with Crippen molar-refractivity contribution in [2.24, 2.45) is 0 Å². The van der Waals surface area contributed by atoms with Crippen molar-refractivity contribution in [1.29, 1.82) is 0 Å². The molecule has 1 saturated heterocycles. The maximum atomic E-state index is 11.0. The fraction of sp³-hybridized carbons (Fsp3) is 0.857. The molecule has 70 valence electrons. The zero-order valence-corrected chi connectivity index (χ0v) is 8.96. The molecule has 0 aromatic heterocycles. The van der Waals surface area contributed by atoms with Gasteiger partial charge in [-0.15, -0.1) is 0 Å². The zero-order valence-electron chi connectivity index (χ0n) is 6.81. The lowest BCUT2D eigenvalue weighted by molar-refractivity contribution is -0.123. The maximum Gasteiger partial charge on any atom is 0.247 e. The van der Waals surface area contributed by atoms with Gasteiger partial charge in [-0.25, -0.2) is 0 Å². The van der Waals surface area contributed by atoms with Gasteiger partial charge in [0.25, 0.3) is 0 Å². The molecule has 1 aliphatic heterocycles. The maximum absolute atomic E-state index is 11.0. The van der Waals surface area contributed by atoms with Gasteiger partial charge in [-0.2, -0.15) is 0 Å². The standard InChI is InChI=1S/C7H13IN2O2/c8-12-5-7(11)10-6-1-3-9-4-2-6/h6,9H,1-5H2,(H,10,11). The van der Waals surface area contributed by atoms with E-state index in [-0.39, 0.29) is 12.5 Å². The normalized spacial score (nSPS) is 19.1. The highest BCUT2D eigenvalue weighted by Crippen LogP contribution is 2.01. The average molecular weight is 284 g/mol. The van der Waals surface area contributed by atoms with Crippen molar-refractivity contribution in [1.82, 2.24) is 10.6 Å². The van der Waals surface area contributed by atoms with Crippen molar-refractivity contribution in [3.05, 3.63) is 0 Å². The van der Waals surface area contributed by atoms with Crippen LogP contribution in [-0.4, -0.2) is 31.6 Å². The molecule has 5 heteroatoms. The van der Waals surface area contributed by atoms with Crippen molar-refractivity contribution in [2.75, 3.05) is 19.7 Å². The molecule has 1 fully saturated rings. The molecule has 0 aliphatic carbocycles. The lowest BCUT2D eigenvalue weighted by Crippen LogP contribution is -2.43. The third-order valence-corrected chi connectivity index (χ3v) is 2.20. The zero-order chi connectivity index (χ0) is 8.81. The Balaban J connectivity index is 2.15. The summed E-state index contributed by atoms with van der Waals surface area (Å²) in [6.07, 6.45) is 2.04. The van der Waals surface area contributed by atoms with E-state index in [2.05, 4.69) is 13.7 Å². The number of halogens is 1. The van der Waals surface area contributed by atoms with Crippen LogP contribution in [-0.2, 0) is 7.86 Å². The van der Waals surface area contributed by atoms with Crippen LogP contribution in [0.4, 0.5) is 0 Å². The Kier molecular flexibility index (Phi) is 4.86. The molecule has 4 nitrogen and oxygen atoms in total. The third-order valence-electron chi connectivity index (χ3n) is 1.89. The van der Waals surface area contributed by atoms with Gasteiger partial charge >= 0.3 is 0 Å². The summed E-state index contributed by atoms with van der Waals surface area (Å²) in [5, 5.41) is 6.15.